The summed E-state index contributed by atoms with van der Waals surface area (Å²) < 4.78 is 13.0. The van der Waals surface area contributed by atoms with Crippen molar-refractivity contribution in [2.45, 2.75) is 56.7 Å². The number of hydrogen-bond donors (Lipinski definition) is 1. The number of carbonyl (C=O) groups excluding carboxylic acids is 1. The van der Waals surface area contributed by atoms with Gasteiger partial charge in [0.15, 0.2) is 0 Å². The van der Waals surface area contributed by atoms with Crippen molar-refractivity contribution in [1.29, 1.82) is 0 Å². The number of benzene rings is 1. The smallest absolute Gasteiger partial charge is 0.221 e. The zero-order valence-electron chi connectivity index (χ0n) is 12.4. The lowest BCUT2D eigenvalue weighted by molar-refractivity contribution is -0.121. The molecule has 0 bridgehead atoms. The fourth-order valence-corrected chi connectivity index (χ4v) is 3.59. The highest BCUT2D eigenvalue weighted by atomic mass is 32.2. The SMILES string of the molecule is O=C(CCSCc1cccc(F)c1)NC1CCCCCC1. The number of thioether (sulfide) groups is 1. The van der Waals surface area contributed by atoms with Crippen molar-refractivity contribution < 1.29 is 9.18 Å². The lowest BCUT2D eigenvalue weighted by Crippen LogP contribution is -2.34. The van der Waals surface area contributed by atoms with E-state index in [2.05, 4.69) is 5.32 Å². The van der Waals surface area contributed by atoms with Gasteiger partial charge in [-0.15, -0.1) is 0 Å². The van der Waals surface area contributed by atoms with Crippen LogP contribution in [0.25, 0.3) is 0 Å². The number of nitrogens with one attached hydrogen (secondary N) is 1. The second-order valence-electron chi connectivity index (χ2n) is 5.69. The van der Waals surface area contributed by atoms with Gasteiger partial charge in [0, 0.05) is 24.0 Å². The third-order valence-corrected chi connectivity index (χ3v) is 4.88. The van der Waals surface area contributed by atoms with Crippen LogP contribution in [0, 0.1) is 5.82 Å². The predicted octanol–water partition coefficient (Wildman–Crippen LogP) is 4.29. The second kappa shape index (κ2) is 9.08. The van der Waals surface area contributed by atoms with Crippen molar-refractivity contribution in [3.05, 3.63) is 35.6 Å². The minimum absolute atomic E-state index is 0.161. The minimum atomic E-state index is -0.195. The van der Waals surface area contributed by atoms with Crippen molar-refractivity contribution >= 4 is 17.7 Å². The first-order valence-electron chi connectivity index (χ1n) is 7.85. The molecule has 1 aromatic rings. The molecule has 1 amide bonds. The predicted molar refractivity (Wildman–Crippen MR) is 86.8 cm³/mol. The Labute approximate surface area is 130 Å². The molecule has 0 atom stereocenters. The van der Waals surface area contributed by atoms with Gasteiger partial charge in [0.25, 0.3) is 0 Å². The van der Waals surface area contributed by atoms with Crippen molar-refractivity contribution in [3.63, 3.8) is 0 Å². The molecule has 21 heavy (non-hydrogen) atoms. The molecule has 1 aromatic carbocycles. The number of carbonyl (C=O) groups is 1. The molecule has 0 spiro atoms. The van der Waals surface area contributed by atoms with Gasteiger partial charge in [-0.2, -0.15) is 11.8 Å². The Bertz CT molecular complexity index is 444. The van der Waals surface area contributed by atoms with E-state index >= 15 is 0 Å². The molecule has 4 heteroatoms. The van der Waals surface area contributed by atoms with E-state index in [1.165, 1.54) is 31.7 Å². The number of rotatable bonds is 6. The van der Waals surface area contributed by atoms with Crippen LogP contribution in [0.4, 0.5) is 4.39 Å². The summed E-state index contributed by atoms with van der Waals surface area (Å²) in [6.45, 7) is 0. The van der Waals surface area contributed by atoms with Gasteiger partial charge in [0.2, 0.25) is 5.91 Å². The molecular formula is C17H24FNOS. The van der Waals surface area contributed by atoms with E-state index < -0.39 is 0 Å². The first-order chi connectivity index (χ1) is 10.2. The van der Waals surface area contributed by atoms with Crippen LogP contribution in [-0.4, -0.2) is 17.7 Å². The molecule has 1 N–H and O–H groups in total. The summed E-state index contributed by atoms with van der Waals surface area (Å²) in [5.41, 5.74) is 0.976. The van der Waals surface area contributed by atoms with Gasteiger partial charge in [0.05, 0.1) is 0 Å². The molecule has 1 fully saturated rings. The molecule has 2 nitrogen and oxygen atoms in total. The zero-order chi connectivity index (χ0) is 14.9. The standard InChI is InChI=1S/C17H24FNOS/c18-15-7-5-6-14(12-15)13-21-11-10-17(20)19-16-8-3-1-2-4-9-16/h5-7,12,16H,1-4,8-11,13H2,(H,19,20). The van der Waals surface area contributed by atoms with Crippen LogP contribution in [0.3, 0.4) is 0 Å². The molecule has 0 heterocycles. The lowest BCUT2D eigenvalue weighted by atomic mass is 10.1. The normalized spacial score (nSPS) is 16.4. The van der Waals surface area contributed by atoms with Crippen molar-refractivity contribution in [2.24, 2.45) is 0 Å². The second-order valence-corrected chi connectivity index (χ2v) is 6.79. The number of amides is 1. The topological polar surface area (TPSA) is 29.1 Å². The Kier molecular flexibility index (Phi) is 7.07. The molecule has 0 aromatic heterocycles. The Hall–Kier alpha value is -1.03. The molecule has 116 valence electrons. The minimum Gasteiger partial charge on any atom is -0.353 e. The lowest BCUT2D eigenvalue weighted by Gasteiger charge is -2.16. The van der Waals surface area contributed by atoms with Crippen molar-refractivity contribution in [1.82, 2.24) is 5.32 Å². The van der Waals surface area contributed by atoms with E-state index in [9.17, 15) is 9.18 Å². The van der Waals surface area contributed by atoms with Gasteiger partial charge >= 0.3 is 0 Å². The molecule has 0 saturated heterocycles. The van der Waals surface area contributed by atoms with Crippen LogP contribution in [-0.2, 0) is 10.5 Å². The maximum absolute atomic E-state index is 13.0. The molecule has 1 aliphatic rings. The Balaban J connectivity index is 1.60. The molecule has 2 rings (SSSR count). The third kappa shape index (κ3) is 6.51. The monoisotopic (exact) mass is 309 g/mol. The summed E-state index contributed by atoms with van der Waals surface area (Å²) in [4.78, 5) is 11.9. The highest BCUT2D eigenvalue weighted by Crippen LogP contribution is 2.18. The molecule has 0 radical (unpaired) electrons. The van der Waals surface area contributed by atoms with Gasteiger partial charge in [-0.3, -0.25) is 4.79 Å². The highest BCUT2D eigenvalue weighted by Gasteiger charge is 2.14. The summed E-state index contributed by atoms with van der Waals surface area (Å²) in [6.07, 6.45) is 7.88. The van der Waals surface area contributed by atoms with E-state index in [-0.39, 0.29) is 11.7 Å². The quantitative estimate of drug-likeness (QED) is 0.627. The summed E-state index contributed by atoms with van der Waals surface area (Å²) in [5, 5.41) is 3.15. The molecular weight excluding hydrogens is 285 g/mol. The van der Waals surface area contributed by atoms with Crippen LogP contribution >= 0.6 is 11.8 Å². The number of hydrogen-bond acceptors (Lipinski definition) is 2. The average Bonchev–Trinajstić information content (AvgIpc) is 2.72. The van der Waals surface area contributed by atoms with E-state index in [0.717, 1.165) is 29.9 Å². The van der Waals surface area contributed by atoms with Gasteiger partial charge < -0.3 is 5.32 Å². The van der Waals surface area contributed by atoms with E-state index in [4.69, 9.17) is 0 Å². The third-order valence-electron chi connectivity index (χ3n) is 3.85. The molecule has 0 aliphatic heterocycles. The summed E-state index contributed by atoms with van der Waals surface area (Å²) in [6, 6.07) is 7.03. The first kappa shape index (κ1) is 16.3. The van der Waals surface area contributed by atoms with Crippen LogP contribution in [0.2, 0.25) is 0 Å². The van der Waals surface area contributed by atoms with Crippen molar-refractivity contribution in [2.75, 3.05) is 5.75 Å². The van der Waals surface area contributed by atoms with E-state index in [1.54, 1.807) is 23.9 Å². The summed E-state index contributed by atoms with van der Waals surface area (Å²) in [5.74, 6) is 1.51. The highest BCUT2D eigenvalue weighted by molar-refractivity contribution is 7.98. The number of halogens is 1. The van der Waals surface area contributed by atoms with Crippen LogP contribution in [0.5, 0.6) is 0 Å². The van der Waals surface area contributed by atoms with Gasteiger partial charge in [-0.05, 0) is 30.5 Å². The van der Waals surface area contributed by atoms with Gasteiger partial charge in [0.1, 0.15) is 5.82 Å². The fourth-order valence-electron chi connectivity index (χ4n) is 2.71. The maximum Gasteiger partial charge on any atom is 0.221 e. The Morgan fingerprint density at radius 3 is 2.71 bits per heavy atom. The maximum atomic E-state index is 13.0. The van der Waals surface area contributed by atoms with Gasteiger partial charge in [-0.25, -0.2) is 4.39 Å². The molecule has 0 unspecified atom stereocenters. The first-order valence-corrected chi connectivity index (χ1v) is 9.01. The summed E-state index contributed by atoms with van der Waals surface area (Å²) in [7, 11) is 0. The molecule has 1 aliphatic carbocycles. The van der Waals surface area contributed by atoms with Gasteiger partial charge in [-0.1, -0.05) is 37.8 Å². The van der Waals surface area contributed by atoms with E-state index in [1.807, 2.05) is 6.07 Å². The van der Waals surface area contributed by atoms with E-state index in [0.29, 0.717) is 12.5 Å². The van der Waals surface area contributed by atoms with Crippen LogP contribution in [0.15, 0.2) is 24.3 Å². The zero-order valence-corrected chi connectivity index (χ0v) is 13.3. The Morgan fingerprint density at radius 2 is 2.00 bits per heavy atom. The Morgan fingerprint density at radius 1 is 1.24 bits per heavy atom. The molecule has 1 saturated carbocycles. The van der Waals surface area contributed by atoms with Crippen LogP contribution in [0.1, 0.15) is 50.5 Å². The van der Waals surface area contributed by atoms with Crippen LogP contribution < -0.4 is 5.32 Å². The van der Waals surface area contributed by atoms with Crippen molar-refractivity contribution in [3.8, 4) is 0 Å². The largest absolute Gasteiger partial charge is 0.353 e. The fraction of sp³-hybridized carbons (Fsp3) is 0.588. The average molecular weight is 309 g/mol. The summed E-state index contributed by atoms with van der Waals surface area (Å²) >= 11 is 1.68.